The highest BCUT2D eigenvalue weighted by Crippen LogP contribution is 2.43. The molecule has 5 nitrogen and oxygen atoms in total. The molecule has 2 aromatic carbocycles. The number of nitrogens with zero attached hydrogens (tertiary/aromatic N) is 2. The topological polar surface area (TPSA) is 58.2 Å². The number of amides is 1. The van der Waals surface area contributed by atoms with E-state index in [-0.39, 0.29) is 11.9 Å². The molecule has 0 spiro atoms. The number of aromatic nitrogens is 2. The highest BCUT2D eigenvalue weighted by atomic mass is 16.5. The summed E-state index contributed by atoms with van der Waals surface area (Å²) in [4.78, 5) is 15.0. The molecule has 0 saturated carbocycles. The Kier molecular flexibility index (Phi) is 4.44. The van der Waals surface area contributed by atoms with Gasteiger partial charge < -0.3 is 9.64 Å². The molecule has 27 heavy (non-hydrogen) atoms. The molecule has 1 atom stereocenters. The molecule has 0 bridgehead atoms. The number of rotatable bonds is 5. The van der Waals surface area contributed by atoms with E-state index in [2.05, 4.69) is 36.2 Å². The third kappa shape index (κ3) is 2.99. The maximum absolute atomic E-state index is 13.1. The van der Waals surface area contributed by atoms with Crippen molar-refractivity contribution in [2.45, 2.75) is 19.9 Å². The Morgan fingerprint density at radius 3 is 2.44 bits per heavy atom. The first-order valence-electron chi connectivity index (χ1n) is 9.18. The number of fused-ring (bicyclic) bond motifs is 1. The third-order valence-electron chi connectivity index (χ3n) is 4.90. The summed E-state index contributed by atoms with van der Waals surface area (Å²) in [6.07, 6.45) is 0. The van der Waals surface area contributed by atoms with E-state index in [0.29, 0.717) is 18.2 Å². The molecule has 4 rings (SSSR count). The maximum atomic E-state index is 13.1. The van der Waals surface area contributed by atoms with Crippen LogP contribution >= 0.6 is 0 Å². The molecule has 1 unspecified atom stereocenters. The van der Waals surface area contributed by atoms with Crippen molar-refractivity contribution in [2.24, 2.45) is 5.92 Å². The normalized spacial score (nSPS) is 16.1. The smallest absolute Gasteiger partial charge is 0.273 e. The molecule has 0 saturated heterocycles. The number of nitrogens with one attached hydrogen (secondary N) is 1. The van der Waals surface area contributed by atoms with Crippen LogP contribution in [0.1, 0.15) is 41.5 Å². The van der Waals surface area contributed by atoms with Gasteiger partial charge in [-0.05, 0) is 35.7 Å². The van der Waals surface area contributed by atoms with Crippen LogP contribution in [-0.2, 0) is 0 Å². The fraction of sp³-hybridized carbons (Fsp3) is 0.273. The van der Waals surface area contributed by atoms with E-state index in [4.69, 9.17) is 4.74 Å². The van der Waals surface area contributed by atoms with E-state index in [0.717, 1.165) is 28.1 Å². The summed E-state index contributed by atoms with van der Waals surface area (Å²) in [5.74, 6) is 1.18. The second kappa shape index (κ2) is 6.91. The van der Waals surface area contributed by atoms with Crippen LogP contribution < -0.4 is 4.74 Å². The Hall–Kier alpha value is -3.08. The van der Waals surface area contributed by atoms with E-state index in [1.54, 1.807) is 7.11 Å². The summed E-state index contributed by atoms with van der Waals surface area (Å²) < 4.78 is 5.26. The van der Waals surface area contributed by atoms with Crippen LogP contribution in [0.4, 0.5) is 0 Å². The second-order valence-electron chi connectivity index (χ2n) is 7.25. The summed E-state index contributed by atoms with van der Waals surface area (Å²) in [7, 11) is 1.65. The molecule has 1 N–H and O–H groups in total. The minimum absolute atomic E-state index is 0.0137. The van der Waals surface area contributed by atoms with Gasteiger partial charge in [0.05, 0.1) is 18.8 Å². The van der Waals surface area contributed by atoms with Crippen LogP contribution in [0.3, 0.4) is 0 Å². The molecule has 2 heterocycles. The lowest BCUT2D eigenvalue weighted by Crippen LogP contribution is -2.32. The van der Waals surface area contributed by atoms with Crippen LogP contribution in [0.2, 0.25) is 0 Å². The van der Waals surface area contributed by atoms with Crippen molar-refractivity contribution in [1.29, 1.82) is 0 Å². The van der Waals surface area contributed by atoms with E-state index < -0.39 is 0 Å². The van der Waals surface area contributed by atoms with Gasteiger partial charge in [0.2, 0.25) is 0 Å². The van der Waals surface area contributed by atoms with Crippen LogP contribution in [0.25, 0.3) is 11.3 Å². The highest BCUT2D eigenvalue weighted by molar-refractivity contribution is 6.00. The number of ether oxygens (including phenoxy) is 1. The predicted octanol–water partition coefficient (Wildman–Crippen LogP) is 4.29. The number of carbonyl (C=O) groups excluding carboxylic acids is 1. The molecule has 1 amide bonds. The van der Waals surface area contributed by atoms with Gasteiger partial charge in [-0.15, -0.1) is 0 Å². The summed E-state index contributed by atoms with van der Waals surface area (Å²) in [5, 5.41) is 7.48. The van der Waals surface area contributed by atoms with Gasteiger partial charge in [-0.3, -0.25) is 9.89 Å². The Morgan fingerprint density at radius 1 is 1.11 bits per heavy atom. The van der Waals surface area contributed by atoms with Crippen molar-refractivity contribution in [2.75, 3.05) is 13.7 Å². The summed E-state index contributed by atoms with van der Waals surface area (Å²) in [6.45, 7) is 4.96. The average Bonchev–Trinajstić information content (AvgIpc) is 3.22. The minimum atomic E-state index is -0.132. The molecule has 0 aliphatic carbocycles. The first-order chi connectivity index (χ1) is 13.1. The lowest BCUT2D eigenvalue weighted by Gasteiger charge is -2.28. The number of H-pyrrole nitrogens is 1. The molecule has 1 aromatic heterocycles. The number of benzene rings is 2. The van der Waals surface area contributed by atoms with Gasteiger partial charge >= 0.3 is 0 Å². The molecule has 138 valence electrons. The third-order valence-corrected chi connectivity index (χ3v) is 4.90. The Morgan fingerprint density at radius 2 is 1.81 bits per heavy atom. The molecule has 3 aromatic rings. The first-order valence-corrected chi connectivity index (χ1v) is 9.18. The average molecular weight is 361 g/mol. The van der Waals surface area contributed by atoms with Gasteiger partial charge in [0.15, 0.2) is 0 Å². The highest BCUT2D eigenvalue weighted by Gasteiger charge is 2.42. The number of hydrogen-bond acceptors (Lipinski definition) is 3. The molecule has 0 radical (unpaired) electrons. The van der Waals surface area contributed by atoms with Gasteiger partial charge in [0.1, 0.15) is 11.4 Å². The number of aromatic amines is 1. The predicted molar refractivity (Wildman–Crippen MR) is 105 cm³/mol. The number of hydrogen-bond donors (Lipinski definition) is 1. The fourth-order valence-electron chi connectivity index (χ4n) is 3.73. The summed E-state index contributed by atoms with van der Waals surface area (Å²) >= 11 is 0. The van der Waals surface area contributed by atoms with Gasteiger partial charge in [-0.25, -0.2) is 0 Å². The maximum Gasteiger partial charge on any atom is 0.273 e. The standard InChI is InChI=1S/C22H23N3O2/c1-14(2)13-25-21(16-7-5-4-6-8-16)18-19(23-24-20(18)22(25)26)15-9-11-17(27-3)12-10-15/h4-12,14,21H,13H2,1-3H3,(H,23,24). The Bertz CT molecular complexity index is 945. The van der Waals surface area contributed by atoms with Crippen LogP contribution in [-0.4, -0.2) is 34.7 Å². The van der Waals surface area contributed by atoms with Gasteiger partial charge in [-0.1, -0.05) is 44.2 Å². The largest absolute Gasteiger partial charge is 0.497 e. The monoisotopic (exact) mass is 361 g/mol. The van der Waals surface area contributed by atoms with E-state index >= 15 is 0 Å². The Labute approximate surface area is 159 Å². The van der Waals surface area contributed by atoms with E-state index in [9.17, 15) is 4.79 Å². The lowest BCUT2D eigenvalue weighted by atomic mass is 9.96. The zero-order valence-corrected chi connectivity index (χ0v) is 15.8. The summed E-state index contributed by atoms with van der Waals surface area (Å²) in [6, 6.07) is 17.8. The Balaban J connectivity index is 1.85. The van der Waals surface area contributed by atoms with Gasteiger partial charge in [0.25, 0.3) is 5.91 Å². The minimum Gasteiger partial charge on any atom is -0.497 e. The SMILES string of the molecule is COc1ccc(-c2n[nH]c3c2C(c2ccccc2)N(CC(C)C)C3=O)cc1. The van der Waals surface area contributed by atoms with Crippen molar-refractivity contribution in [3.05, 3.63) is 71.4 Å². The molecule has 1 aliphatic rings. The lowest BCUT2D eigenvalue weighted by molar-refractivity contribution is 0.0722. The number of methoxy groups -OCH3 is 1. The van der Waals surface area contributed by atoms with E-state index in [1.807, 2.05) is 47.4 Å². The van der Waals surface area contributed by atoms with Gasteiger partial charge in [-0.2, -0.15) is 5.10 Å². The zero-order valence-electron chi connectivity index (χ0n) is 15.8. The molecular formula is C22H23N3O2. The molecular weight excluding hydrogens is 338 g/mol. The first kappa shape index (κ1) is 17.3. The van der Waals surface area contributed by atoms with E-state index in [1.165, 1.54) is 0 Å². The zero-order chi connectivity index (χ0) is 19.0. The van der Waals surface area contributed by atoms with Crippen molar-refractivity contribution in [3.8, 4) is 17.0 Å². The molecule has 5 heteroatoms. The molecule has 1 aliphatic heterocycles. The van der Waals surface area contributed by atoms with Crippen molar-refractivity contribution in [3.63, 3.8) is 0 Å². The molecule has 0 fully saturated rings. The number of carbonyl (C=O) groups is 1. The van der Waals surface area contributed by atoms with Crippen LogP contribution in [0.15, 0.2) is 54.6 Å². The second-order valence-corrected chi connectivity index (χ2v) is 7.25. The van der Waals surface area contributed by atoms with Crippen molar-refractivity contribution in [1.82, 2.24) is 15.1 Å². The van der Waals surface area contributed by atoms with Gasteiger partial charge in [0, 0.05) is 17.7 Å². The fourth-order valence-corrected chi connectivity index (χ4v) is 3.73. The quantitative estimate of drug-likeness (QED) is 0.738. The van der Waals surface area contributed by atoms with Crippen LogP contribution in [0, 0.1) is 5.92 Å². The van der Waals surface area contributed by atoms with Crippen molar-refractivity contribution >= 4 is 5.91 Å². The summed E-state index contributed by atoms with van der Waals surface area (Å²) in [5.41, 5.74) is 4.43. The van der Waals surface area contributed by atoms with Crippen molar-refractivity contribution < 1.29 is 9.53 Å². The van der Waals surface area contributed by atoms with Crippen LogP contribution in [0.5, 0.6) is 5.75 Å².